The van der Waals surface area contributed by atoms with Gasteiger partial charge in [-0.2, -0.15) is 0 Å². The minimum atomic E-state index is -1.68. The lowest BCUT2D eigenvalue weighted by atomic mass is 9.98. The molecular weight excluding hydrogens is 428 g/mol. The summed E-state index contributed by atoms with van der Waals surface area (Å²) in [6.07, 6.45) is -7.22. The Hall–Kier alpha value is -3.22. The van der Waals surface area contributed by atoms with Crippen LogP contribution >= 0.6 is 0 Å². The van der Waals surface area contributed by atoms with E-state index >= 15 is 0 Å². The predicted octanol–water partition coefficient (Wildman–Crippen LogP) is -0.337. The molecule has 11 nitrogen and oxygen atoms in total. The quantitative estimate of drug-likeness (QED) is 0.225. The normalized spacial score (nSPS) is 29.6. The Balaban J connectivity index is 1.74. The number of phenolic OH excluding ortho intramolecular Hbond substituents is 4. The molecule has 32 heavy (non-hydrogen) atoms. The van der Waals surface area contributed by atoms with Crippen LogP contribution in [0.1, 0.15) is 17.2 Å². The molecule has 2 aromatic carbocycles. The van der Waals surface area contributed by atoms with Gasteiger partial charge in [0.1, 0.15) is 41.5 Å². The summed E-state index contributed by atoms with van der Waals surface area (Å²) in [7, 11) is 0. The highest BCUT2D eigenvalue weighted by Crippen LogP contribution is 2.46. The summed E-state index contributed by atoms with van der Waals surface area (Å²) in [6.45, 7) is -0.646. The highest BCUT2D eigenvalue weighted by molar-refractivity contribution is 5.69. The van der Waals surface area contributed by atoms with Gasteiger partial charge in [-0.15, -0.1) is 0 Å². The van der Waals surface area contributed by atoms with Crippen molar-refractivity contribution in [2.24, 2.45) is 0 Å². The molecule has 2 aliphatic rings. The number of hydrogen-bond donors (Lipinski definition) is 8. The van der Waals surface area contributed by atoms with Crippen molar-refractivity contribution < 1.29 is 55.1 Å². The third-order valence-electron chi connectivity index (χ3n) is 5.36. The highest BCUT2D eigenvalue weighted by atomic mass is 16.7. The van der Waals surface area contributed by atoms with E-state index in [0.29, 0.717) is 5.56 Å². The second-order valence-electron chi connectivity index (χ2n) is 7.54. The van der Waals surface area contributed by atoms with Crippen LogP contribution in [0, 0.1) is 0 Å². The Morgan fingerprint density at radius 1 is 0.875 bits per heavy atom. The van der Waals surface area contributed by atoms with Gasteiger partial charge in [0.05, 0.1) is 18.2 Å². The third-order valence-corrected chi connectivity index (χ3v) is 5.36. The lowest BCUT2D eigenvalue weighted by Gasteiger charge is -2.40. The summed E-state index contributed by atoms with van der Waals surface area (Å²) in [4.78, 5) is 0. The summed E-state index contributed by atoms with van der Waals surface area (Å²) >= 11 is 0. The fraction of sp³-hybridized carbons (Fsp3) is 0.333. The number of hydrogen-bond acceptors (Lipinski definition) is 10. The molecule has 4 rings (SSSR count). The number of ether oxygens (including phenoxy) is 3. The van der Waals surface area contributed by atoms with E-state index in [1.165, 1.54) is 30.3 Å². The Kier molecular flexibility index (Phi) is 5.75. The van der Waals surface area contributed by atoms with Crippen molar-refractivity contribution in [2.45, 2.75) is 36.8 Å². The summed E-state index contributed by atoms with van der Waals surface area (Å²) in [5.41, 5.74) is 0.547. The van der Waals surface area contributed by atoms with Gasteiger partial charge in [-0.25, -0.2) is 0 Å². The predicted molar refractivity (Wildman–Crippen MR) is 107 cm³/mol. The summed E-state index contributed by atoms with van der Waals surface area (Å²) in [5.74, 6) is -1.08. The van der Waals surface area contributed by atoms with Gasteiger partial charge in [0.15, 0.2) is 17.3 Å². The molecule has 0 bridgehead atoms. The SMILES string of the molecule is OC[C@@H]1O[C@@H](OC2=Cc3c(O)cc(O)cc3[OH+]C2c2ccc(O)c(O)c2)[C@H](O)[C@@H](O)[C@@H]1O. The second-order valence-corrected chi connectivity index (χ2v) is 7.54. The topological polar surface area (TPSA) is 193 Å². The summed E-state index contributed by atoms with van der Waals surface area (Å²) < 4.78 is 15.6. The van der Waals surface area contributed by atoms with Crippen LogP contribution in [0.3, 0.4) is 0 Å². The van der Waals surface area contributed by atoms with Crippen LogP contribution < -0.4 is 0 Å². The van der Waals surface area contributed by atoms with Gasteiger partial charge >= 0.3 is 0 Å². The van der Waals surface area contributed by atoms with Gasteiger partial charge in [-0.05, 0) is 18.2 Å². The van der Waals surface area contributed by atoms with Gasteiger partial charge in [0.25, 0.3) is 11.9 Å². The van der Waals surface area contributed by atoms with E-state index in [1.54, 1.807) is 0 Å². The first-order valence-corrected chi connectivity index (χ1v) is 9.67. The molecule has 2 aliphatic heterocycles. The number of aromatic hydroxyl groups is 5. The smallest absolute Gasteiger partial charge is 0.270 e. The first-order chi connectivity index (χ1) is 15.2. The maximum absolute atomic E-state index is 10.3. The summed E-state index contributed by atoms with van der Waals surface area (Å²) in [5, 5.41) is 79.3. The standard InChI is InChI=1S/C21H22O11/c22-7-16-17(27)18(28)19(29)21(32-16)31-15-6-10-12(25)4-9(23)5-14(10)30-20(15)8-1-2-11(24)13(26)3-8/h1-6,16-29H,7H2/p+1/t16-,17+,18-,19+,20?,21+/m0/s1. The molecule has 172 valence electrons. The molecule has 2 aromatic rings. The number of fused-ring (bicyclic) bond motifs is 1. The molecule has 2 heterocycles. The molecule has 0 aromatic heterocycles. The van der Waals surface area contributed by atoms with Crippen molar-refractivity contribution in [1.82, 2.24) is 0 Å². The van der Waals surface area contributed by atoms with Gasteiger partial charge < -0.3 is 55.1 Å². The van der Waals surface area contributed by atoms with Gasteiger partial charge in [0, 0.05) is 12.1 Å². The van der Waals surface area contributed by atoms with E-state index in [9.17, 15) is 40.9 Å². The van der Waals surface area contributed by atoms with Crippen LogP contribution in [-0.2, 0) is 9.47 Å². The van der Waals surface area contributed by atoms with E-state index in [4.69, 9.17) is 9.47 Å². The van der Waals surface area contributed by atoms with Gasteiger partial charge in [-0.1, -0.05) is 0 Å². The fourth-order valence-electron chi connectivity index (χ4n) is 3.63. The van der Waals surface area contributed by atoms with Crippen molar-refractivity contribution in [3.8, 4) is 28.7 Å². The Morgan fingerprint density at radius 2 is 1.62 bits per heavy atom. The van der Waals surface area contributed by atoms with Gasteiger partial charge in [0.2, 0.25) is 6.29 Å². The average Bonchev–Trinajstić information content (AvgIpc) is 2.76. The lowest BCUT2D eigenvalue weighted by Crippen LogP contribution is -2.59. The maximum atomic E-state index is 10.3. The van der Waals surface area contributed by atoms with Crippen LogP contribution in [0.25, 0.3) is 6.08 Å². The molecule has 0 amide bonds. The van der Waals surface area contributed by atoms with Crippen molar-refractivity contribution in [3.05, 3.63) is 47.2 Å². The lowest BCUT2D eigenvalue weighted by molar-refractivity contribution is -0.295. The summed E-state index contributed by atoms with van der Waals surface area (Å²) in [6, 6.07) is 6.34. The minimum absolute atomic E-state index is 0.0212. The Labute approximate surface area is 181 Å². The highest BCUT2D eigenvalue weighted by Gasteiger charge is 2.46. The first-order valence-electron chi connectivity index (χ1n) is 9.67. The van der Waals surface area contributed by atoms with Crippen molar-refractivity contribution in [1.29, 1.82) is 0 Å². The number of benzene rings is 2. The van der Waals surface area contributed by atoms with E-state index in [2.05, 4.69) is 4.74 Å². The molecule has 6 atom stereocenters. The third kappa shape index (κ3) is 3.87. The Morgan fingerprint density at radius 3 is 2.31 bits per heavy atom. The molecule has 0 saturated carbocycles. The van der Waals surface area contributed by atoms with Crippen LogP contribution in [0.2, 0.25) is 0 Å². The van der Waals surface area contributed by atoms with Crippen LogP contribution in [-0.4, -0.2) is 82.9 Å². The van der Waals surface area contributed by atoms with E-state index in [1.807, 2.05) is 0 Å². The number of rotatable bonds is 4. The van der Waals surface area contributed by atoms with E-state index in [-0.39, 0.29) is 34.3 Å². The molecule has 0 aliphatic carbocycles. The largest absolute Gasteiger partial charge is 0.571 e. The number of aliphatic hydroxyl groups excluding tert-OH is 4. The molecule has 1 saturated heterocycles. The van der Waals surface area contributed by atoms with Crippen LogP contribution in [0.4, 0.5) is 0 Å². The van der Waals surface area contributed by atoms with Crippen LogP contribution in [0.15, 0.2) is 36.1 Å². The van der Waals surface area contributed by atoms with Gasteiger partial charge in [-0.3, -0.25) is 0 Å². The van der Waals surface area contributed by atoms with Crippen molar-refractivity contribution in [3.63, 3.8) is 0 Å². The molecule has 11 heteroatoms. The fourth-order valence-corrected chi connectivity index (χ4v) is 3.63. The zero-order valence-electron chi connectivity index (χ0n) is 16.5. The first kappa shape index (κ1) is 22.0. The maximum Gasteiger partial charge on any atom is 0.270 e. The molecule has 1 fully saturated rings. The van der Waals surface area contributed by atoms with E-state index < -0.39 is 49.2 Å². The molecule has 9 N–H and O–H groups in total. The molecule has 1 unspecified atom stereocenters. The zero-order chi connectivity index (χ0) is 23.2. The van der Waals surface area contributed by atoms with Crippen LogP contribution in [0.5, 0.6) is 28.7 Å². The van der Waals surface area contributed by atoms with Crippen molar-refractivity contribution >= 4 is 6.08 Å². The molecular formula is C21H23O11+. The molecule has 0 spiro atoms. The Bertz CT molecular complexity index is 1030. The minimum Gasteiger partial charge on any atom is -0.571 e. The number of aliphatic hydroxyl groups is 5. The van der Waals surface area contributed by atoms with E-state index in [0.717, 1.165) is 6.07 Å². The van der Waals surface area contributed by atoms with Crippen molar-refractivity contribution in [2.75, 3.05) is 6.61 Å². The number of phenols is 4. The monoisotopic (exact) mass is 451 g/mol. The molecule has 0 radical (unpaired) electrons. The second kappa shape index (κ2) is 8.37. The zero-order valence-corrected chi connectivity index (χ0v) is 16.5. The average molecular weight is 451 g/mol.